The summed E-state index contributed by atoms with van der Waals surface area (Å²) in [7, 11) is 1.87. The van der Waals surface area contributed by atoms with Gasteiger partial charge in [0, 0.05) is 20.2 Å². The van der Waals surface area contributed by atoms with E-state index in [-0.39, 0.29) is 18.1 Å². The molecule has 2 nitrogen and oxygen atoms in total. The summed E-state index contributed by atoms with van der Waals surface area (Å²) >= 11 is 0. The van der Waals surface area contributed by atoms with Crippen LogP contribution in [-0.4, -0.2) is 30.8 Å². The van der Waals surface area contributed by atoms with Crippen molar-refractivity contribution < 1.29 is 4.74 Å². The molecule has 0 N–H and O–H groups in total. The van der Waals surface area contributed by atoms with E-state index < -0.39 is 0 Å². The van der Waals surface area contributed by atoms with Crippen molar-refractivity contribution in [3.05, 3.63) is 53.6 Å². The summed E-state index contributed by atoms with van der Waals surface area (Å²) in [6.07, 6.45) is 6.52. The molecule has 1 saturated heterocycles. The van der Waals surface area contributed by atoms with Crippen molar-refractivity contribution in [3.8, 4) is 0 Å². The normalized spacial score (nSPS) is 30.3. The van der Waals surface area contributed by atoms with Gasteiger partial charge in [0.2, 0.25) is 0 Å². The number of nitrogens with zero attached hydrogens (tertiary/aromatic N) is 1. The number of hydrogen-bond acceptors (Lipinski definition) is 2. The Kier molecular flexibility index (Phi) is 5.09. The van der Waals surface area contributed by atoms with E-state index in [4.69, 9.17) is 4.74 Å². The summed E-state index contributed by atoms with van der Waals surface area (Å²) in [5.41, 5.74) is 4.76. The minimum Gasteiger partial charge on any atom is -0.364 e. The molecule has 3 atom stereocenters. The van der Waals surface area contributed by atoms with Gasteiger partial charge in [-0.15, -0.1) is 12.4 Å². The Morgan fingerprint density at radius 1 is 1.07 bits per heavy atom. The van der Waals surface area contributed by atoms with Crippen molar-refractivity contribution in [3.63, 3.8) is 0 Å². The van der Waals surface area contributed by atoms with Gasteiger partial charge in [-0.1, -0.05) is 36.4 Å². The number of halogens is 1. The highest BCUT2D eigenvalue weighted by Crippen LogP contribution is 2.53. The van der Waals surface area contributed by atoms with E-state index in [0.29, 0.717) is 0 Å². The van der Waals surface area contributed by atoms with Crippen LogP contribution in [0, 0.1) is 11.8 Å². The Bertz CT molecular complexity index is 876. The van der Waals surface area contributed by atoms with E-state index in [9.17, 15) is 0 Å². The Morgan fingerprint density at radius 2 is 1.85 bits per heavy atom. The van der Waals surface area contributed by atoms with Crippen molar-refractivity contribution in [1.29, 1.82) is 0 Å². The van der Waals surface area contributed by atoms with Crippen molar-refractivity contribution in [2.75, 3.05) is 20.2 Å². The van der Waals surface area contributed by atoms with Crippen LogP contribution in [0.15, 0.2) is 48.0 Å². The number of methoxy groups -OCH3 is 1. The van der Waals surface area contributed by atoms with Crippen LogP contribution in [0.1, 0.15) is 44.6 Å². The van der Waals surface area contributed by atoms with Crippen LogP contribution in [0.5, 0.6) is 0 Å². The summed E-state index contributed by atoms with van der Waals surface area (Å²) < 4.78 is 5.90. The molecule has 3 aliphatic rings. The molecule has 1 saturated carbocycles. The summed E-state index contributed by atoms with van der Waals surface area (Å²) in [6.45, 7) is 4.52. The van der Waals surface area contributed by atoms with Crippen molar-refractivity contribution in [2.45, 2.75) is 44.8 Å². The number of ether oxygens (including phenoxy) is 1. The van der Waals surface area contributed by atoms with Gasteiger partial charge in [-0.2, -0.15) is 0 Å². The van der Waals surface area contributed by atoms with Crippen LogP contribution in [-0.2, 0) is 4.74 Å². The second-order valence-electron chi connectivity index (χ2n) is 8.61. The largest absolute Gasteiger partial charge is 0.364 e. The number of likely N-dealkylation sites (tertiary alicyclic amines) is 1. The van der Waals surface area contributed by atoms with Crippen LogP contribution in [0.4, 0.5) is 0 Å². The quantitative estimate of drug-likeness (QED) is 0.651. The van der Waals surface area contributed by atoms with Crippen LogP contribution in [0.3, 0.4) is 0 Å². The fourth-order valence-corrected chi connectivity index (χ4v) is 5.71. The molecule has 1 aliphatic heterocycles. The van der Waals surface area contributed by atoms with Crippen molar-refractivity contribution in [1.82, 2.24) is 4.90 Å². The van der Waals surface area contributed by atoms with Crippen LogP contribution < -0.4 is 0 Å². The Balaban J connectivity index is 0.00000180. The summed E-state index contributed by atoms with van der Waals surface area (Å²) in [4.78, 5) is 2.59. The van der Waals surface area contributed by atoms with Crippen LogP contribution in [0.25, 0.3) is 16.3 Å². The number of allylic oxidation sites excluding steroid dienone is 1. The lowest BCUT2D eigenvalue weighted by molar-refractivity contribution is -0.0938. The summed E-state index contributed by atoms with van der Waals surface area (Å²) in [6, 6.07) is 15.8. The zero-order chi connectivity index (χ0) is 17.7. The first-order valence-corrected chi connectivity index (χ1v) is 10.2. The smallest absolute Gasteiger partial charge is 0.118 e. The van der Waals surface area contributed by atoms with Gasteiger partial charge in [0.1, 0.15) is 5.72 Å². The minimum atomic E-state index is -0.0800. The van der Waals surface area contributed by atoms with Gasteiger partial charge in [-0.3, -0.25) is 4.90 Å². The molecule has 2 unspecified atom stereocenters. The maximum absolute atomic E-state index is 5.90. The minimum absolute atomic E-state index is 0. The molecule has 0 radical (unpaired) electrons. The van der Waals surface area contributed by atoms with Gasteiger partial charge in [0.05, 0.1) is 0 Å². The lowest BCUT2D eigenvalue weighted by Crippen LogP contribution is -2.44. The van der Waals surface area contributed by atoms with Crippen LogP contribution >= 0.6 is 12.4 Å². The molecule has 0 aromatic heterocycles. The average Bonchev–Trinajstić information content (AvgIpc) is 3.37. The maximum atomic E-state index is 5.90. The van der Waals surface area contributed by atoms with E-state index in [1.165, 1.54) is 42.0 Å². The molecule has 2 fully saturated rings. The van der Waals surface area contributed by atoms with Gasteiger partial charge >= 0.3 is 0 Å². The van der Waals surface area contributed by atoms with Crippen LogP contribution in [0.2, 0.25) is 0 Å². The van der Waals surface area contributed by atoms with E-state index >= 15 is 0 Å². The van der Waals surface area contributed by atoms with Crippen molar-refractivity contribution >= 4 is 28.8 Å². The number of rotatable bonds is 4. The third kappa shape index (κ3) is 3.12. The third-order valence-corrected chi connectivity index (χ3v) is 7.28. The van der Waals surface area contributed by atoms with Gasteiger partial charge in [-0.25, -0.2) is 0 Å². The lowest BCUT2D eigenvalue weighted by atomic mass is 9.86. The summed E-state index contributed by atoms with van der Waals surface area (Å²) in [5, 5.41) is 2.70. The molecule has 0 spiro atoms. The predicted octanol–water partition coefficient (Wildman–Crippen LogP) is 5.90. The Labute approximate surface area is 169 Å². The van der Waals surface area contributed by atoms with E-state index in [1.807, 2.05) is 7.11 Å². The maximum Gasteiger partial charge on any atom is 0.118 e. The molecular weight excluding hydrogens is 354 g/mol. The average molecular weight is 384 g/mol. The van der Waals surface area contributed by atoms with Gasteiger partial charge in [0.25, 0.3) is 0 Å². The van der Waals surface area contributed by atoms with Gasteiger partial charge in [0.15, 0.2) is 0 Å². The molecule has 2 bridgehead atoms. The number of hydrogen-bond donors (Lipinski definition) is 0. The fourth-order valence-electron chi connectivity index (χ4n) is 5.71. The van der Waals surface area contributed by atoms with E-state index in [2.05, 4.69) is 54.3 Å². The SMILES string of the molecule is CO[C@]1(C)CCCN1CC1=C(c2ccc3ccccc3c2)C2CCC1C2.Cl. The third-order valence-electron chi connectivity index (χ3n) is 7.28. The monoisotopic (exact) mass is 383 g/mol. The lowest BCUT2D eigenvalue weighted by Gasteiger charge is -2.36. The van der Waals surface area contributed by atoms with Crippen molar-refractivity contribution in [2.24, 2.45) is 11.8 Å². The van der Waals surface area contributed by atoms with E-state index in [0.717, 1.165) is 31.3 Å². The molecule has 2 aromatic carbocycles. The molecule has 2 aromatic rings. The molecule has 27 heavy (non-hydrogen) atoms. The highest BCUT2D eigenvalue weighted by Gasteiger charge is 2.43. The highest BCUT2D eigenvalue weighted by atomic mass is 35.5. The highest BCUT2D eigenvalue weighted by molar-refractivity contribution is 5.87. The standard InChI is InChI=1S/C24H29NO.ClH/c1-24(26-2)12-5-13-25(24)16-22-19-9-11-21(15-19)23(22)20-10-8-17-6-3-4-7-18(17)14-20;/h3-4,6-8,10,14,19,21H,5,9,11-13,15-16H2,1-2H3;1H/t19?,21?,24-;/m1./s1. The predicted molar refractivity (Wildman–Crippen MR) is 115 cm³/mol. The van der Waals surface area contributed by atoms with Gasteiger partial charge in [-0.05, 0) is 84.4 Å². The first-order chi connectivity index (χ1) is 12.7. The second-order valence-corrected chi connectivity index (χ2v) is 8.61. The van der Waals surface area contributed by atoms with Gasteiger partial charge < -0.3 is 4.74 Å². The first-order valence-electron chi connectivity index (χ1n) is 10.2. The summed E-state index contributed by atoms with van der Waals surface area (Å²) in [5.74, 6) is 1.57. The number of benzene rings is 2. The molecule has 1 heterocycles. The van der Waals surface area contributed by atoms with E-state index in [1.54, 1.807) is 11.1 Å². The zero-order valence-electron chi connectivity index (χ0n) is 16.4. The second kappa shape index (κ2) is 7.24. The molecule has 144 valence electrons. The molecule has 2 aliphatic carbocycles. The Morgan fingerprint density at radius 3 is 2.67 bits per heavy atom. The topological polar surface area (TPSA) is 12.5 Å². The fraction of sp³-hybridized carbons (Fsp3) is 0.500. The molecule has 5 rings (SSSR count). The molecular formula is C24H30ClNO. The first kappa shape index (κ1) is 19.0. The molecule has 0 amide bonds. The number of fused-ring (bicyclic) bond motifs is 3. The molecule has 3 heteroatoms. The zero-order valence-corrected chi connectivity index (χ0v) is 17.2. The Hall–Kier alpha value is -1.35.